The van der Waals surface area contributed by atoms with Crippen LogP contribution in [0.3, 0.4) is 0 Å². The first-order chi connectivity index (χ1) is 13.7. The van der Waals surface area contributed by atoms with Crippen LogP contribution in [0, 0.1) is 11.7 Å². The van der Waals surface area contributed by atoms with Crippen LogP contribution in [0.2, 0.25) is 0 Å². The predicted molar refractivity (Wildman–Crippen MR) is 112 cm³/mol. The van der Waals surface area contributed by atoms with E-state index in [-0.39, 0.29) is 29.0 Å². The molecule has 2 atom stereocenters. The van der Waals surface area contributed by atoms with Crippen molar-refractivity contribution in [2.45, 2.75) is 45.2 Å². The molecule has 6 nitrogen and oxygen atoms in total. The number of carbonyl (C=O) groups is 1. The van der Waals surface area contributed by atoms with Crippen molar-refractivity contribution in [3.63, 3.8) is 0 Å². The lowest BCUT2D eigenvalue weighted by Crippen LogP contribution is -2.30. The lowest BCUT2D eigenvalue weighted by Gasteiger charge is -2.26. The van der Waals surface area contributed by atoms with E-state index in [0.29, 0.717) is 35.4 Å². The van der Waals surface area contributed by atoms with Crippen molar-refractivity contribution >= 4 is 28.1 Å². The summed E-state index contributed by atoms with van der Waals surface area (Å²) in [7, 11) is 0. The highest BCUT2D eigenvalue weighted by atomic mass is 19.1. The number of rotatable bonds is 5. The average Bonchev–Trinajstić information content (AvgIpc) is 3.36. The van der Waals surface area contributed by atoms with Gasteiger partial charge in [-0.05, 0) is 50.7 Å². The fourth-order valence-electron chi connectivity index (χ4n) is 4.40. The maximum atomic E-state index is 15.4. The number of hydrogen-bond acceptors (Lipinski definition) is 4. The molecule has 2 heterocycles. The third kappa shape index (κ3) is 3.23. The Morgan fingerprint density at radius 1 is 1.38 bits per heavy atom. The number of aromatic carboxylic acids is 1. The van der Waals surface area contributed by atoms with Gasteiger partial charge in [-0.15, -0.1) is 0 Å². The van der Waals surface area contributed by atoms with Gasteiger partial charge in [0.05, 0.1) is 16.6 Å². The molecule has 2 unspecified atom stereocenters. The van der Waals surface area contributed by atoms with Crippen LogP contribution in [0.4, 0.5) is 10.1 Å². The molecule has 2 aliphatic rings. The molecule has 154 valence electrons. The van der Waals surface area contributed by atoms with Crippen molar-refractivity contribution in [3.05, 3.63) is 46.0 Å². The SMILES string of the molecule is C=C(C)c1c(N2CCC(C(C)N)C2)c(F)cc2c(=O)c(C(=O)O)cn(C3CC3)c12. The molecule has 7 heteroatoms. The summed E-state index contributed by atoms with van der Waals surface area (Å²) in [5, 5.41) is 9.56. The second-order valence-corrected chi connectivity index (χ2v) is 8.43. The lowest BCUT2D eigenvalue weighted by atomic mass is 9.98. The number of nitrogens with two attached hydrogens (primary N) is 1. The predicted octanol–water partition coefficient (Wildman–Crippen LogP) is 3.38. The molecule has 1 saturated carbocycles. The summed E-state index contributed by atoms with van der Waals surface area (Å²) in [6.45, 7) is 9.13. The molecule has 0 bridgehead atoms. The van der Waals surface area contributed by atoms with E-state index in [9.17, 15) is 14.7 Å². The summed E-state index contributed by atoms with van der Waals surface area (Å²) >= 11 is 0. The number of carboxylic acid groups (broad SMARTS) is 1. The molecular weight excluding hydrogens is 373 g/mol. The third-order valence-electron chi connectivity index (χ3n) is 6.12. The summed E-state index contributed by atoms with van der Waals surface area (Å²) in [6.07, 6.45) is 4.08. The number of anilines is 1. The highest BCUT2D eigenvalue weighted by Gasteiger charge is 2.33. The quantitative estimate of drug-likeness (QED) is 0.805. The molecule has 3 N–H and O–H groups in total. The van der Waals surface area contributed by atoms with Gasteiger partial charge < -0.3 is 20.3 Å². The van der Waals surface area contributed by atoms with E-state index < -0.39 is 17.2 Å². The summed E-state index contributed by atoms with van der Waals surface area (Å²) in [5.74, 6) is -1.56. The highest BCUT2D eigenvalue weighted by Crippen LogP contribution is 2.43. The first kappa shape index (κ1) is 19.6. The first-order valence-corrected chi connectivity index (χ1v) is 10.0. The summed E-state index contributed by atoms with van der Waals surface area (Å²) in [6, 6.07) is 1.33. The fraction of sp³-hybridized carbons (Fsp3) is 0.455. The monoisotopic (exact) mass is 399 g/mol. The minimum atomic E-state index is -1.30. The van der Waals surface area contributed by atoms with Crippen LogP contribution in [0.1, 0.15) is 55.1 Å². The summed E-state index contributed by atoms with van der Waals surface area (Å²) < 4.78 is 17.2. The zero-order valence-corrected chi connectivity index (χ0v) is 16.7. The largest absolute Gasteiger partial charge is 0.477 e. The Hall–Kier alpha value is -2.67. The standard InChI is InChI=1S/C22H26FN3O3/c1-11(2)18-19-15(21(27)16(22(28)29)10-26(19)14-4-5-14)8-17(23)20(18)25-7-6-13(9-25)12(3)24/h8,10,12-14H,1,4-7,9,24H2,2-3H3,(H,28,29). The summed E-state index contributed by atoms with van der Waals surface area (Å²) in [4.78, 5) is 26.4. The Morgan fingerprint density at radius 3 is 2.59 bits per heavy atom. The molecule has 1 aliphatic heterocycles. The Labute approximate surface area is 168 Å². The maximum absolute atomic E-state index is 15.4. The molecule has 0 spiro atoms. The van der Waals surface area contributed by atoms with Gasteiger partial charge in [-0.25, -0.2) is 9.18 Å². The molecule has 0 amide bonds. The van der Waals surface area contributed by atoms with Gasteiger partial charge in [0.1, 0.15) is 11.4 Å². The molecule has 2 aromatic rings. The molecular formula is C22H26FN3O3. The smallest absolute Gasteiger partial charge is 0.341 e. The number of hydrogen-bond donors (Lipinski definition) is 2. The van der Waals surface area contributed by atoms with Crippen LogP contribution < -0.4 is 16.1 Å². The van der Waals surface area contributed by atoms with Crippen LogP contribution in [0.25, 0.3) is 16.5 Å². The first-order valence-electron chi connectivity index (χ1n) is 10.0. The Balaban J connectivity index is 2.03. The molecule has 4 rings (SSSR count). The average molecular weight is 399 g/mol. The van der Waals surface area contributed by atoms with Gasteiger partial charge in [0.25, 0.3) is 0 Å². The van der Waals surface area contributed by atoms with Gasteiger partial charge in [0, 0.05) is 36.9 Å². The van der Waals surface area contributed by atoms with Crippen LogP contribution >= 0.6 is 0 Å². The Kier molecular flexibility index (Phi) is 4.73. The van der Waals surface area contributed by atoms with Crippen molar-refractivity contribution in [2.75, 3.05) is 18.0 Å². The number of aromatic nitrogens is 1. The van der Waals surface area contributed by atoms with Gasteiger partial charge >= 0.3 is 5.97 Å². The van der Waals surface area contributed by atoms with Crippen molar-refractivity contribution in [2.24, 2.45) is 11.7 Å². The molecule has 1 aromatic carbocycles. The highest BCUT2D eigenvalue weighted by molar-refractivity contribution is 6.00. The van der Waals surface area contributed by atoms with E-state index in [1.807, 2.05) is 16.4 Å². The number of allylic oxidation sites excluding steroid dienone is 1. The third-order valence-corrected chi connectivity index (χ3v) is 6.12. The minimum absolute atomic E-state index is 0.0135. The van der Waals surface area contributed by atoms with Crippen LogP contribution in [0.5, 0.6) is 0 Å². The second kappa shape index (κ2) is 6.99. The summed E-state index contributed by atoms with van der Waals surface area (Å²) in [5.41, 5.74) is 7.32. The lowest BCUT2D eigenvalue weighted by molar-refractivity contribution is 0.0695. The van der Waals surface area contributed by atoms with E-state index in [1.54, 1.807) is 6.92 Å². The van der Waals surface area contributed by atoms with Crippen molar-refractivity contribution in [1.82, 2.24) is 4.57 Å². The Bertz CT molecular complexity index is 1090. The number of pyridine rings is 1. The number of halogens is 1. The van der Waals surface area contributed by atoms with E-state index in [2.05, 4.69) is 6.58 Å². The van der Waals surface area contributed by atoms with Gasteiger partial charge in [0.2, 0.25) is 5.43 Å². The van der Waals surface area contributed by atoms with Crippen molar-refractivity contribution < 1.29 is 14.3 Å². The van der Waals surface area contributed by atoms with E-state index in [1.165, 1.54) is 12.3 Å². The number of benzene rings is 1. The molecule has 1 saturated heterocycles. The van der Waals surface area contributed by atoms with Crippen molar-refractivity contribution in [1.29, 1.82) is 0 Å². The fourth-order valence-corrected chi connectivity index (χ4v) is 4.40. The molecule has 1 aromatic heterocycles. The van der Waals surface area contributed by atoms with Gasteiger partial charge in [0.15, 0.2) is 0 Å². The zero-order valence-electron chi connectivity index (χ0n) is 16.7. The van der Waals surface area contributed by atoms with E-state index >= 15 is 4.39 Å². The van der Waals surface area contributed by atoms with Crippen LogP contribution in [-0.4, -0.2) is 34.8 Å². The zero-order chi connectivity index (χ0) is 21.0. The molecule has 0 radical (unpaired) electrons. The minimum Gasteiger partial charge on any atom is -0.477 e. The normalized spacial score (nSPS) is 20.3. The van der Waals surface area contributed by atoms with E-state index in [4.69, 9.17) is 5.73 Å². The number of nitrogens with zero attached hydrogens (tertiary/aromatic N) is 2. The van der Waals surface area contributed by atoms with Crippen LogP contribution in [-0.2, 0) is 0 Å². The Morgan fingerprint density at radius 2 is 2.07 bits per heavy atom. The second-order valence-electron chi connectivity index (χ2n) is 8.43. The number of carboxylic acids is 1. The van der Waals surface area contributed by atoms with Gasteiger partial charge in [-0.3, -0.25) is 4.79 Å². The topological polar surface area (TPSA) is 88.6 Å². The van der Waals surface area contributed by atoms with E-state index in [0.717, 1.165) is 19.3 Å². The van der Waals surface area contributed by atoms with Gasteiger partial charge in [-0.1, -0.05) is 6.58 Å². The molecule has 2 fully saturated rings. The maximum Gasteiger partial charge on any atom is 0.341 e. The van der Waals surface area contributed by atoms with Gasteiger partial charge in [-0.2, -0.15) is 0 Å². The van der Waals surface area contributed by atoms with Crippen LogP contribution in [0.15, 0.2) is 23.6 Å². The number of fused-ring (bicyclic) bond motifs is 1. The molecule has 1 aliphatic carbocycles. The molecule has 29 heavy (non-hydrogen) atoms. The van der Waals surface area contributed by atoms with Crippen molar-refractivity contribution in [3.8, 4) is 0 Å².